The number of hydrogen-bond acceptors (Lipinski definition) is 2. The largest absolute Gasteiger partial charge is 0.323 e. The first-order chi connectivity index (χ1) is 9.69. The van der Waals surface area contributed by atoms with Gasteiger partial charge in [-0.25, -0.2) is 0 Å². The Hall–Kier alpha value is -1.87. The highest BCUT2D eigenvalue weighted by atomic mass is 32.1. The maximum Gasteiger partial charge on any atom is 0.248 e. The first kappa shape index (κ1) is 14.5. The van der Waals surface area contributed by atoms with Gasteiger partial charge in [0.1, 0.15) is 0 Å². The fourth-order valence-corrected chi connectivity index (χ4v) is 2.48. The number of carbonyl (C=O) groups excluding carboxylic acids is 1. The van der Waals surface area contributed by atoms with E-state index in [9.17, 15) is 4.79 Å². The van der Waals surface area contributed by atoms with Crippen LogP contribution in [0.4, 0.5) is 5.69 Å². The average molecular weight is 285 g/mol. The monoisotopic (exact) mass is 285 g/mol. The summed E-state index contributed by atoms with van der Waals surface area (Å²) in [5, 5.41) is 4.86. The molecule has 1 aromatic carbocycles. The number of nitrogens with one attached hydrogen (secondary N) is 1. The van der Waals surface area contributed by atoms with Crippen molar-refractivity contribution >= 4 is 29.0 Å². The molecule has 1 aromatic heterocycles. The zero-order chi connectivity index (χ0) is 14.4. The van der Waals surface area contributed by atoms with Crippen molar-refractivity contribution in [3.8, 4) is 0 Å². The normalized spacial score (nSPS) is 12.5. The van der Waals surface area contributed by atoms with Crippen LogP contribution in [0, 0.1) is 0 Å². The van der Waals surface area contributed by atoms with Gasteiger partial charge in [-0.15, -0.1) is 11.3 Å². The Morgan fingerprint density at radius 3 is 2.65 bits per heavy atom. The second-order valence-corrected chi connectivity index (χ2v) is 5.75. The molecule has 0 aliphatic heterocycles. The Balaban J connectivity index is 1.94. The maximum absolute atomic E-state index is 11.8. The molecule has 1 amide bonds. The first-order valence-corrected chi connectivity index (χ1v) is 7.69. The molecule has 1 N–H and O–H groups in total. The van der Waals surface area contributed by atoms with Gasteiger partial charge >= 0.3 is 0 Å². The summed E-state index contributed by atoms with van der Waals surface area (Å²) in [5.74, 6) is 0.452. The minimum absolute atomic E-state index is 0.102. The lowest BCUT2D eigenvalue weighted by Crippen LogP contribution is -2.07. The number of hydrogen-bond donors (Lipinski definition) is 1. The van der Waals surface area contributed by atoms with Gasteiger partial charge < -0.3 is 5.32 Å². The fraction of sp³-hybridized carbons (Fsp3) is 0.235. The first-order valence-electron chi connectivity index (χ1n) is 6.81. The van der Waals surface area contributed by atoms with Gasteiger partial charge in [0.2, 0.25) is 5.91 Å². The molecule has 0 fully saturated rings. The fourth-order valence-electron chi connectivity index (χ4n) is 1.86. The Morgan fingerprint density at radius 1 is 1.30 bits per heavy atom. The summed E-state index contributed by atoms with van der Waals surface area (Å²) in [4.78, 5) is 12.9. The third-order valence-electron chi connectivity index (χ3n) is 3.30. The Kier molecular flexibility index (Phi) is 5.13. The van der Waals surface area contributed by atoms with Crippen molar-refractivity contribution in [1.29, 1.82) is 0 Å². The molecule has 1 atom stereocenters. The summed E-state index contributed by atoms with van der Waals surface area (Å²) >= 11 is 1.61. The minimum Gasteiger partial charge on any atom is -0.323 e. The van der Waals surface area contributed by atoms with E-state index < -0.39 is 0 Å². The van der Waals surface area contributed by atoms with E-state index in [1.807, 2.05) is 35.7 Å². The molecular formula is C17H19NOS. The molecule has 3 heteroatoms. The summed E-state index contributed by atoms with van der Waals surface area (Å²) in [6, 6.07) is 12.0. The van der Waals surface area contributed by atoms with Crippen LogP contribution in [-0.4, -0.2) is 5.91 Å². The summed E-state index contributed by atoms with van der Waals surface area (Å²) in [5.41, 5.74) is 2.14. The van der Waals surface area contributed by atoms with Gasteiger partial charge in [0.15, 0.2) is 0 Å². The SMILES string of the molecule is CCC(C)c1ccc(NC(=O)/C=C/c2cccs2)cc1. The summed E-state index contributed by atoms with van der Waals surface area (Å²) in [7, 11) is 0. The number of benzene rings is 1. The highest BCUT2D eigenvalue weighted by Crippen LogP contribution is 2.20. The number of thiophene rings is 1. The molecule has 20 heavy (non-hydrogen) atoms. The standard InChI is InChI=1S/C17H19NOS/c1-3-13(2)14-6-8-15(9-7-14)18-17(19)11-10-16-5-4-12-20-16/h4-13H,3H2,1-2H3,(H,18,19)/b11-10+. The number of rotatable bonds is 5. The maximum atomic E-state index is 11.8. The molecule has 2 nitrogen and oxygen atoms in total. The summed E-state index contributed by atoms with van der Waals surface area (Å²) in [6.45, 7) is 4.38. The molecule has 0 saturated carbocycles. The zero-order valence-electron chi connectivity index (χ0n) is 11.8. The van der Waals surface area contributed by atoms with Crippen molar-refractivity contribution in [2.24, 2.45) is 0 Å². The molecule has 1 heterocycles. The summed E-state index contributed by atoms with van der Waals surface area (Å²) in [6.07, 6.45) is 4.51. The van der Waals surface area contributed by atoms with Crippen LogP contribution < -0.4 is 5.32 Å². The lowest BCUT2D eigenvalue weighted by atomic mass is 9.99. The van der Waals surface area contributed by atoms with Crippen LogP contribution in [0.25, 0.3) is 6.08 Å². The minimum atomic E-state index is -0.102. The van der Waals surface area contributed by atoms with Gasteiger partial charge in [-0.05, 0) is 47.6 Å². The van der Waals surface area contributed by atoms with Crippen LogP contribution in [0.15, 0.2) is 47.9 Å². The third kappa shape index (κ3) is 4.07. The highest BCUT2D eigenvalue weighted by molar-refractivity contribution is 7.10. The molecule has 1 unspecified atom stereocenters. The summed E-state index contributed by atoms with van der Waals surface area (Å²) < 4.78 is 0. The van der Waals surface area contributed by atoms with Crippen molar-refractivity contribution < 1.29 is 4.79 Å². The smallest absolute Gasteiger partial charge is 0.248 e. The Morgan fingerprint density at radius 2 is 2.05 bits per heavy atom. The molecule has 104 valence electrons. The lowest BCUT2D eigenvalue weighted by Gasteiger charge is -2.09. The van der Waals surface area contributed by atoms with E-state index in [1.54, 1.807) is 17.4 Å². The van der Waals surface area contributed by atoms with E-state index in [2.05, 4.69) is 31.3 Å². The third-order valence-corrected chi connectivity index (χ3v) is 4.14. The molecule has 0 aliphatic carbocycles. The lowest BCUT2D eigenvalue weighted by molar-refractivity contribution is -0.111. The van der Waals surface area contributed by atoms with Crippen LogP contribution >= 0.6 is 11.3 Å². The molecule has 0 spiro atoms. The van der Waals surface area contributed by atoms with E-state index in [0.29, 0.717) is 5.92 Å². The second-order valence-electron chi connectivity index (χ2n) is 4.77. The molecule has 2 rings (SSSR count). The van der Waals surface area contributed by atoms with Crippen molar-refractivity contribution in [2.45, 2.75) is 26.2 Å². The van der Waals surface area contributed by atoms with Gasteiger partial charge in [-0.1, -0.05) is 32.0 Å². The Bertz CT molecular complexity index is 570. The molecule has 0 aliphatic rings. The van der Waals surface area contributed by atoms with Gasteiger partial charge in [0, 0.05) is 16.6 Å². The van der Waals surface area contributed by atoms with E-state index in [-0.39, 0.29) is 5.91 Å². The number of carbonyl (C=O) groups is 1. The topological polar surface area (TPSA) is 29.1 Å². The van der Waals surface area contributed by atoms with Gasteiger partial charge in [-0.2, -0.15) is 0 Å². The molecular weight excluding hydrogens is 266 g/mol. The van der Waals surface area contributed by atoms with E-state index >= 15 is 0 Å². The molecule has 0 radical (unpaired) electrons. The predicted octanol–water partition coefficient (Wildman–Crippen LogP) is 4.91. The molecule has 2 aromatic rings. The van der Waals surface area contributed by atoms with Gasteiger partial charge in [0.25, 0.3) is 0 Å². The zero-order valence-corrected chi connectivity index (χ0v) is 12.6. The van der Waals surface area contributed by atoms with Crippen LogP contribution in [0.1, 0.15) is 36.6 Å². The molecule has 0 saturated heterocycles. The van der Waals surface area contributed by atoms with Gasteiger partial charge in [-0.3, -0.25) is 4.79 Å². The van der Waals surface area contributed by atoms with E-state index in [1.165, 1.54) is 5.56 Å². The number of amides is 1. The second kappa shape index (κ2) is 7.06. The Labute approximate surface area is 124 Å². The van der Waals surface area contributed by atoms with Gasteiger partial charge in [0.05, 0.1) is 0 Å². The quantitative estimate of drug-likeness (QED) is 0.777. The average Bonchev–Trinajstić information content (AvgIpc) is 2.98. The van der Waals surface area contributed by atoms with Crippen LogP contribution in [0.2, 0.25) is 0 Å². The van der Waals surface area contributed by atoms with E-state index in [4.69, 9.17) is 0 Å². The van der Waals surface area contributed by atoms with Crippen molar-refractivity contribution in [1.82, 2.24) is 0 Å². The van der Waals surface area contributed by atoms with Crippen LogP contribution in [0.3, 0.4) is 0 Å². The van der Waals surface area contributed by atoms with Crippen LogP contribution in [0.5, 0.6) is 0 Å². The van der Waals surface area contributed by atoms with Crippen molar-refractivity contribution in [2.75, 3.05) is 5.32 Å². The molecule has 0 bridgehead atoms. The van der Waals surface area contributed by atoms with Crippen LogP contribution in [-0.2, 0) is 4.79 Å². The highest BCUT2D eigenvalue weighted by Gasteiger charge is 2.03. The van der Waals surface area contributed by atoms with Crippen molar-refractivity contribution in [3.63, 3.8) is 0 Å². The van der Waals surface area contributed by atoms with E-state index in [0.717, 1.165) is 17.0 Å². The predicted molar refractivity (Wildman–Crippen MR) is 87.1 cm³/mol. The van der Waals surface area contributed by atoms with Crippen molar-refractivity contribution in [3.05, 3.63) is 58.3 Å². The number of anilines is 1.